The van der Waals surface area contributed by atoms with E-state index in [1.807, 2.05) is 6.92 Å². The maximum Gasteiger partial charge on any atom is 0.343 e. The van der Waals surface area contributed by atoms with Gasteiger partial charge in [0, 0.05) is 12.3 Å². The summed E-state index contributed by atoms with van der Waals surface area (Å²) in [7, 11) is 0. The van der Waals surface area contributed by atoms with E-state index in [-0.39, 0.29) is 0 Å². The molecule has 0 saturated heterocycles. The molecule has 0 atom stereocenters. The molecule has 0 N–H and O–H groups in total. The van der Waals surface area contributed by atoms with Gasteiger partial charge < -0.3 is 9.47 Å². The number of hydrogen-bond acceptors (Lipinski definition) is 4. The number of benzene rings is 1. The van der Waals surface area contributed by atoms with Gasteiger partial charge in [0.2, 0.25) is 0 Å². The Kier molecular flexibility index (Phi) is 4.36. The maximum absolute atomic E-state index is 11.9. The van der Waals surface area contributed by atoms with Gasteiger partial charge in [-0.3, -0.25) is 4.98 Å². The molecule has 0 spiro atoms. The van der Waals surface area contributed by atoms with E-state index in [4.69, 9.17) is 21.1 Å². The number of rotatable bonds is 4. The predicted molar refractivity (Wildman–Crippen MR) is 71.8 cm³/mol. The molecule has 0 aliphatic rings. The molecule has 2 aromatic rings. The van der Waals surface area contributed by atoms with Crippen molar-refractivity contribution < 1.29 is 14.3 Å². The van der Waals surface area contributed by atoms with Gasteiger partial charge in [0.15, 0.2) is 5.75 Å². The molecular weight excluding hydrogens is 266 g/mol. The Labute approximate surface area is 115 Å². The van der Waals surface area contributed by atoms with Crippen molar-refractivity contribution in [3.05, 3.63) is 53.3 Å². The normalized spacial score (nSPS) is 10.0. The van der Waals surface area contributed by atoms with Crippen molar-refractivity contribution in [1.29, 1.82) is 0 Å². The molecule has 1 aromatic carbocycles. The molecule has 98 valence electrons. The summed E-state index contributed by atoms with van der Waals surface area (Å²) < 4.78 is 10.4. The Balaban J connectivity index is 2.07. The van der Waals surface area contributed by atoms with E-state index in [2.05, 4.69) is 4.98 Å². The number of esters is 1. The molecule has 0 unspecified atom stereocenters. The Hall–Kier alpha value is -2.07. The van der Waals surface area contributed by atoms with Crippen LogP contribution in [0.5, 0.6) is 11.5 Å². The Morgan fingerprint density at radius 1 is 1.21 bits per heavy atom. The number of carbonyl (C=O) groups excluding carboxylic acids is 1. The molecule has 0 amide bonds. The molecule has 1 aromatic heterocycles. The average molecular weight is 278 g/mol. The maximum atomic E-state index is 11.9. The van der Waals surface area contributed by atoms with Crippen LogP contribution in [0.2, 0.25) is 5.02 Å². The summed E-state index contributed by atoms with van der Waals surface area (Å²) in [5, 5.41) is 0.414. The minimum atomic E-state index is -0.466. The molecule has 0 bridgehead atoms. The fourth-order valence-electron chi connectivity index (χ4n) is 1.47. The molecule has 0 aliphatic heterocycles. The number of nitrogens with zero attached hydrogens (tertiary/aromatic N) is 1. The number of carbonyl (C=O) groups is 1. The lowest BCUT2D eigenvalue weighted by atomic mass is 10.2. The SMILES string of the molecule is CCOc1ccc(C(=O)Oc2cncc(Cl)c2)cc1. The van der Waals surface area contributed by atoms with Gasteiger partial charge in [-0.1, -0.05) is 11.6 Å². The highest BCUT2D eigenvalue weighted by Gasteiger charge is 2.09. The third kappa shape index (κ3) is 3.69. The van der Waals surface area contributed by atoms with Crippen molar-refractivity contribution >= 4 is 17.6 Å². The summed E-state index contributed by atoms with van der Waals surface area (Å²) in [6, 6.07) is 8.25. The summed E-state index contributed by atoms with van der Waals surface area (Å²) in [5.41, 5.74) is 0.434. The summed E-state index contributed by atoms with van der Waals surface area (Å²) >= 11 is 5.76. The average Bonchev–Trinajstić information content (AvgIpc) is 2.40. The number of pyridine rings is 1. The zero-order chi connectivity index (χ0) is 13.7. The van der Waals surface area contributed by atoms with Crippen LogP contribution in [0, 0.1) is 0 Å². The van der Waals surface area contributed by atoms with E-state index in [0.717, 1.165) is 0 Å². The highest BCUT2D eigenvalue weighted by Crippen LogP contribution is 2.18. The van der Waals surface area contributed by atoms with Gasteiger partial charge in [0.05, 0.1) is 23.4 Å². The Bertz CT molecular complexity index is 569. The van der Waals surface area contributed by atoms with Crippen LogP contribution in [-0.2, 0) is 0 Å². The van der Waals surface area contributed by atoms with Crippen LogP contribution in [0.1, 0.15) is 17.3 Å². The minimum Gasteiger partial charge on any atom is -0.494 e. The van der Waals surface area contributed by atoms with E-state index in [0.29, 0.717) is 28.7 Å². The highest BCUT2D eigenvalue weighted by molar-refractivity contribution is 6.30. The van der Waals surface area contributed by atoms with Gasteiger partial charge in [-0.2, -0.15) is 0 Å². The van der Waals surface area contributed by atoms with Gasteiger partial charge in [-0.25, -0.2) is 4.79 Å². The van der Waals surface area contributed by atoms with Gasteiger partial charge >= 0.3 is 5.97 Å². The third-order valence-electron chi connectivity index (χ3n) is 2.29. The molecule has 4 nitrogen and oxygen atoms in total. The van der Waals surface area contributed by atoms with E-state index in [1.54, 1.807) is 24.3 Å². The predicted octanol–water partition coefficient (Wildman–Crippen LogP) is 3.35. The molecular formula is C14H12ClNO3. The molecule has 5 heteroatoms. The largest absolute Gasteiger partial charge is 0.494 e. The van der Waals surface area contributed by atoms with Crippen LogP contribution in [-0.4, -0.2) is 17.6 Å². The fourth-order valence-corrected chi connectivity index (χ4v) is 1.63. The zero-order valence-corrected chi connectivity index (χ0v) is 11.1. The molecule has 2 rings (SSSR count). The molecule has 1 heterocycles. The van der Waals surface area contributed by atoms with Crippen molar-refractivity contribution in [2.24, 2.45) is 0 Å². The van der Waals surface area contributed by atoms with E-state index < -0.39 is 5.97 Å². The smallest absolute Gasteiger partial charge is 0.343 e. The first-order valence-electron chi connectivity index (χ1n) is 5.74. The van der Waals surface area contributed by atoms with E-state index in [1.165, 1.54) is 18.5 Å². The van der Waals surface area contributed by atoms with Crippen molar-refractivity contribution in [3.63, 3.8) is 0 Å². The second kappa shape index (κ2) is 6.20. The second-order valence-electron chi connectivity index (χ2n) is 3.69. The van der Waals surface area contributed by atoms with E-state index >= 15 is 0 Å². The zero-order valence-electron chi connectivity index (χ0n) is 10.3. The van der Waals surface area contributed by atoms with Gasteiger partial charge in [-0.05, 0) is 31.2 Å². The van der Waals surface area contributed by atoms with Crippen molar-refractivity contribution in [2.75, 3.05) is 6.61 Å². The van der Waals surface area contributed by atoms with Crippen molar-refractivity contribution in [1.82, 2.24) is 4.98 Å². The summed E-state index contributed by atoms with van der Waals surface area (Å²) in [6.07, 6.45) is 2.90. The topological polar surface area (TPSA) is 48.4 Å². The van der Waals surface area contributed by atoms with E-state index in [9.17, 15) is 4.79 Å². The molecule has 0 radical (unpaired) electrons. The Morgan fingerprint density at radius 2 is 1.95 bits per heavy atom. The second-order valence-corrected chi connectivity index (χ2v) is 4.12. The third-order valence-corrected chi connectivity index (χ3v) is 2.50. The summed E-state index contributed by atoms with van der Waals surface area (Å²) in [6.45, 7) is 2.48. The number of ether oxygens (including phenoxy) is 2. The van der Waals surface area contributed by atoms with Crippen LogP contribution in [0.25, 0.3) is 0 Å². The first-order chi connectivity index (χ1) is 9.19. The minimum absolute atomic E-state index is 0.311. The lowest BCUT2D eigenvalue weighted by molar-refractivity contribution is 0.0734. The highest BCUT2D eigenvalue weighted by atomic mass is 35.5. The molecule has 0 saturated carbocycles. The van der Waals surface area contributed by atoms with Crippen LogP contribution in [0.4, 0.5) is 0 Å². The van der Waals surface area contributed by atoms with Gasteiger partial charge in [0.25, 0.3) is 0 Å². The number of halogens is 1. The molecule has 0 aliphatic carbocycles. The first kappa shape index (κ1) is 13.4. The standard InChI is InChI=1S/C14H12ClNO3/c1-2-18-12-5-3-10(4-6-12)14(17)19-13-7-11(15)8-16-9-13/h3-9H,2H2,1H3. The molecule has 19 heavy (non-hydrogen) atoms. The van der Waals surface area contributed by atoms with Crippen LogP contribution >= 0.6 is 11.6 Å². The quantitative estimate of drug-likeness (QED) is 0.804. The first-order valence-corrected chi connectivity index (χ1v) is 6.12. The Morgan fingerprint density at radius 3 is 2.58 bits per heavy atom. The van der Waals surface area contributed by atoms with Gasteiger partial charge in [-0.15, -0.1) is 0 Å². The van der Waals surface area contributed by atoms with Gasteiger partial charge in [0.1, 0.15) is 5.75 Å². The lowest BCUT2D eigenvalue weighted by Crippen LogP contribution is -2.08. The van der Waals surface area contributed by atoms with Crippen LogP contribution in [0.15, 0.2) is 42.7 Å². The van der Waals surface area contributed by atoms with Crippen LogP contribution in [0.3, 0.4) is 0 Å². The number of hydrogen-bond donors (Lipinski definition) is 0. The molecule has 0 fully saturated rings. The fraction of sp³-hybridized carbons (Fsp3) is 0.143. The van der Waals surface area contributed by atoms with Crippen molar-refractivity contribution in [2.45, 2.75) is 6.92 Å². The summed E-state index contributed by atoms with van der Waals surface area (Å²) in [5.74, 6) is 0.557. The monoisotopic (exact) mass is 277 g/mol. The van der Waals surface area contributed by atoms with Crippen LogP contribution < -0.4 is 9.47 Å². The lowest BCUT2D eigenvalue weighted by Gasteiger charge is -2.06. The summed E-state index contributed by atoms with van der Waals surface area (Å²) in [4.78, 5) is 15.7. The van der Waals surface area contributed by atoms with Crippen molar-refractivity contribution in [3.8, 4) is 11.5 Å². The number of aromatic nitrogens is 1.